The van der Waals surface area contributed by atoms with Crippen molar-refractivity contribution in [1.29, 1.82) is 0 Å². The van der Waals surface area contributed by atoms with E-state index in [0.29, 0.717) is 0 Å². The Hall–Kier alpha value is -0.907. The molecule has 0 saturated heterocycles. The third kappa shape index (κ3) is 13.7. The monoisotopic (exact) mass is 306 g/mol. The van der Waals surface area contributed by atoms with Gasteiger partial charge in [0.15, 0.2) is 6.34 Å². The second kappa shape index (κ2) is 18.0. The summed E-state index contributed by atoms with van der Waals surface area (Å²) in [4.78, 5) is 17.9. The normalized spacial score (nSPS) is 9.43. The number of nitrogens with zero attached hydrogens (tertiary/aromatic N) is 2. The molecule has 6 nitrogen and oxygen atoms in total. The molecule has 1 aliphatic heterocycles. The zero-order chi connectivity index (χ0) is 9.07. The minimum atomic E-state index is 0. The molecular weight excluding hydrogens is 295 g/mol. The van der Waals surface area contributed by atoms with Crippen LogP contribution < -0.4 is 23.3 Å². The molecule has 1 aromatic heterocycles. The van der Waals surface area contributed by atoms with Crippen molar-refractivity contribution in [3.63, 3.8) is 0 Å². The first-order valence-corrected chi connectivity index (χ1v) is 3.18. The van der Waals surface area contributed by atoms with Crippen molar-refractivity contribution in [2.24, 2.45) is 4.99 Å². The van der Waals surface area contributed by atoms with E-state index in [1.165, 1.54) is 0 Å². The molecule has 1 radical (unpaired) electrons. The van der Waals surface area contributed by atoms with Crippen LogP contribution in [-0.4, -0.2) is 16.3 Å². The number of aliphatic imine (C=N–C) groups is 1. The first-order chi connectivity index (χ1) is 6.00. The molecule has 0 saturated carbocycles. The summed E-state index contributed by atoms with van der Waals surface area (Å²) in [6, 6.07) is 0. The van der Waals surface area contributed by atoms with E-state index in [1.54, 1.807) is 31.3 Å². The van der Waals surface area contributed by atoms with E-state index in [1.807, 2.05) is 11.5 Å². The predicted molar refractivity (Wildman–Crippen MR) is 43.4 cm³/mol. The van der Waals surface area contributed by atoms with Crippen molar-refractivity contribution in [2.75, 3.05) is 0 Å². The molecule has 0 unspecified atom stereocenters. The van der Waals surface area contributed by atoms with Crippen molar-refractivity contribution in [3.8, 4) is 0 Å². The molecular formula is C6H11ClN5ORu+2. The number of imidazole rings is 1. The van der Waals surface area contributed by atoms with Gasteiger partial charge in [0.25, 0.3) is 0 Å². The van der Waals surface area contributed by atoms with Gasteiger partial charge in [-0.05, 0) is 5.59 Å². The molecule has 0 amide bonds. The number of nitrogens with one attached hydrogen (secondary N) is 1. The maximum absolute atomic E-state index is 7.75. The molecule has 14 heavy (non-hydrogen) atoms. The molecule has 0 fully saturated rings. The number of H-pyrrole nitrogens is 1. The summed E-state index contributed by atoms with van der Waals surface area (Å²) in [5.74, 6) is 0. The molecule has 1 aliphatic rings. The van der Waals surface area contributed by atoms with Gasteiger partial charge in [0.05, 0.1) is 12.5 Å². The van der Waals surface area contributed by atoms with E-state index in [4.69, 9.17) is 4.91 Å². The van der Waals surface area contributed by atoms with Crippen LogP contribution in [0.5, 0.6) is 0 Å². The van der Waals surface area contributed by atoms with Gasteiger partial charge in [0, 0.05) is 17.3 Å². The molecule has 79 valence electrons. The molecule has 2 rings (SSSR count). The minimum Gasteiger partial charge on any atom is -1.00 e. The van der Waals surface area contributed by atoms with Crippen molar-refractivity contribution in [3.05, 3.63) is 36.0 Å². The van der Waals surface area contributed by atoms with E-state index in [2.05, 4.69) is 20.6 Å². The number of rotatable bonds is 0. The Bertz CT molecular complexity index is 201. The van der Waals surface area contributed by atoms with Gasteiger partial charge in [-0.2, -0.15) is 0 Å². The fourth-order valence-corrected chi connectivity index (χ4v) is 0.464. The van der Waals surface area contributed by atoms with Crippen molar-refractivity contribution >= 4 is 6.34 Å². The zero-order valence-electron chi connectivity index (χ0n) is 7.15. The molecule has 5 N–H and O–H groups in total. The minimum absolute atomic E-state index is 0. The van der Waals surface area contributed by atoms with E-state index >= 15 is 0 Å². The van der Waals surface area contributed by atoms with Crippen molar-refractivity contribution < 1.29 is 42.8 Å². The summed E-state index contributed by atoms with van der Waals surface area (Å²) in [6.07, 6.45) is 10.5. The van der Waals surface area contributed by atoms with Crippen LogP contribution >= 0.6 is 0 Å². The van der Waals surface area contributed by atoms with Crippen molar-refractivity contribution in [1.82, 2.24) is 9.97 Å². The van der Waals surface area contributed by atoms with Crippen molar-refractivity contribution in [2.45, 2.75) is 0 Å². The second-order valence-corrected chi connectivity index (χ2v) is 1.59. The van der Waals surface area contributed by atoms with Gasteiger partial charge < -0.3 is 17.4 Å². The number of halogens is 1. The van der Waals surface area contributed by atoms with Crippen LogP contribution in [0.3, 0.4) is 0 Å². The fraction of sp³-hybridized carbons (Fsp3) is 0. The third-order valence-electron chi connectivity index (χ3n) is 0.861. The molecule has 0 aliphatic carbocycles. The van der Waals surface area contributed by atoms with E-state index < -0.39 is 0 Å². The van der Waals surface area contributed by atoms with Gasteiger partial charge >= 0.3 is 19.5 Å². The number of aromatic nitrogens is 2. The van der Waals surface area contributed by atoms with E-state index in [0.717, 1.165) is 0 Å². The number of hydrogen-bond acceptors (Lipinski definition) is 3. The van der Waals surface area contributed by atoms with Gasteiger partial charge in [0.2, 0.25) is 0 Å². The molecule has 8 heteroatoms. The first-order valence-electron chi connectivity index (χ1n) is 3.18. The van der Waals surface area contributed by atoms with Crippen LogP contribution in [-0.2, 0) is 19.5 Å². The first kappa shape index (κ1) is 18.8. The van der Waals surface area contributed by atoms with Gasteiger partial charge in [0.1, 0.15) is 6.20 Å². The Morgan fingerprint density at radius 2 is 2.07 bits per heavy atom. The zero-order valence-corrected chi connectivity index (χ0v) is 9.65. The molecule has 0 spiro atoms. The SMILES string of the molecule is C1=C[NH2+]C=N1.[Cl-].[NH2+]=O.[Ru+].c1c[nH]cn1. The summed E-state index contributed by atoms with van der Waals surface area (Å²) in [7, 11) is 0. The smallest absolute Gasteiger partial charge is 1.00 e. The topological polar surface area (TPSA) is 100 Å². The maximum atomic E-state index is 7.75. The van der Waals surface area contributed by atoms with E-state index in [9.17, 15) is 0 Å². The van der Waals surface area contributed by atoms with Gasteiger partial charge in [-0.3, -0.25) is 5.32 Å². The largest absolute Gasteiger partial charge is 1.00 e. The van der Waals surface area contributed by atoms with Gasteiger partial charge in [-0.25, -0.2) is 9.98 Å². The van der Waals surface area contributed by atoms with E-state index in [-0.39, 0.29) is 31.9 Å². The van der Waals surface area contributed by atoms with Gasteiger partial charge in [-0.15, -0.1) is 0 Å². The fourth-order valence-electron chi connectivity index (χ4n) is 0.464. The molecule has 1 aromatic rings. The molecule has 0 bridgehead atoms. The van der Waals surface area contributed by atoms with Gasteiger partial charge in [-0.1, -0.05) is 0 Å². The second-order valence-electron chi connectivity index (χ2n) is 1.59. The number of quaternary nitrogens is 1. The quantitative estimate of drug-likeness (QED) is 0.418. The summed E-state index contributed by atoms with van der Waals surface area (Å²) < 4.78 is 0. The number of nitroso groups, excluding NO2 is 1. The summed E-state index contributed by atoms with van der Waals surface area (Å²) in [5, 5.41) is 1.89. The Morgan fingerprint density at radius 3 is 2.21 bits per heavy atom. The molecule has 0 aromatic carbocycles. The average molecular weight is 306 g/mol. The Labute approximate surface area is 100 Å². The number of aromatic amines is 1. The third-order valence-corrected chi connectivity index (χ3v) is 0.861. The number of nitrogens with two attached hydrogens (primary N) is 2. The van der Waals surface area contributed by atoms with Crippen LogP contribution in [0.2, 0.25) is 0 Å². The van der Waals surface area contributed by atoms with Crippen LogP contribution in [0.4, 0.5) is 0 Å². The maximum Gasteiger partial charge on any atom is 1.00 e. The van der Waals surface area contributed by atoms with Crippen LogP contribution in [0.1, 0.15) is 0 Å². The standard InChI is InChI=1S/2C3H4N2.ClH.H2NO.Ru/c2*1-2-5-3-4-1;;1-2;/h2*1-3H,(H,4,5);1H;1H2;/q;;;2*+1. The Morgan fingerprint density at radius 1 is 1.36 bits per heavy atom. The summed E-state index contributed by atoms with van der Waals surface area (Å²) in [6.45, 7) is 0. The Kier molecular flexibility index (Phi) is 24.2. The Balaban J connectivity index is -0.000000131. The predicted octanol–water partition coefficient (Wildman–Crippen LogP) is -5.01. The van der Waals surface area contributed by atoms with Crippen LogP contribution in [0, 0.1) is 4.91 Å². The van der Waals surface area contributed by atoms with Crippen LogP contribution in [0.25, 0.3) is 0 Å². The summed E-state index contributed by atoms with van der Waals surface area (Å²) >= 11 is 0. The average Bonchev–Trinajstić information content (AvgIpc) is 2.87. The van der Waals surface area contributed by atoms with Crippen LogP contribution in [0.15, 0.2) is 36.1 Å². The number of hydrogen-bond donors (Lipinski definition) is 3. The molecule has 0 atom stereocenters. The molecule has 2 heterocycles. The summed E-state index contributed by atoms with van der Waals surface area (Å²) in [5.41, 5.74) is 3.25.